The molecule has 1 atom stereocenters. The van der Waals surface area contributed by atoms with E-state index in [0.29, 0.717) is 0 Å². The van der Waals surface area contributed by atoms with Gasteiger partial charge in [0, 0.05) is 6.07 Å². The second-order valence-corrected chi connectivity index (χ2v) is 7.48. The average Bonchev–Trinajstić information content (AvgIpc) is 2.66. The summed E-state index contributed by atoms with van der Waals surface area (Å²) in [6.07, 6.45) is 0. The Labute approximate surface area is 174 Å². The van der Waals surface area contributed by atoms with Gasteiger partial charge in [-0.3, -0.25) is 19.7 Å². The molecule has 0 fully saturated rings. The fourth-order valence-corrected chi connectivity index (χ4v) is 2.67. The van der Waals surface area contributed by atoms with Gasteiger partial charge in [0.15, 0.2) is 11.7 Å². The Hall–Kier alpha value is -3.42. The molecular weight excluding hydrogens is 390 g/mol. The van der Waals surface area contributed by atoms with Crippen LogP contribution in [0.2, 0.25) is 0 Å². The summed E-state index contributed by atoms with van der Waals surface area (Å²) in [6, 6.07) is 13.0. The first-order valence-corrected chi connectivity index (χ1v) is 9.47. The second-order valence-electron chi connectivity index (χ2n) is 7.48. The number of esters is 2. The van der Waals surface area contributed by atoms with Crippen molar-refractivity contribution in [3.05, 3.63) is 69.8 Å². The van der Waals surface area contributed by atoms with Crippen LogP contribution in [-0.2, 0) is 25.7 Å². The van der Waals surface area contributed by atoms with E-state index in [9.17, 15) is 19.7 Å². The van der Waals surface area contributed by atoms with Crippen LogP contribution in [0, 0.1) is 10.1 Å². The van der Waals surface area contributed by atoms with Crippen LogP contribution in [0.5, 0.6) is 5.75 Å². The predicted molar refractivity (Wildman–Crippen MR) is 109 cm³/mol. The van der Waals surface area contributed by atoms with Gasteiger partial charge in [-0.05, 0) is 44.9 Å². The molecule has 8 nitrogen and oxygen atoms in total. The minimum absolute atomic E-state index is 0.0563. The second kappa shape index (κ2) is 9.87. The molecule has 30 heavy (non-hydrogen) atoms. The zero-order valence-corrected chi connectivity index (χ0v) is 17.4. The molecule has 0 aliphatic heterocycles. The summed E-state index contributed by atoms with van der Waals surface area (Å²) in [7, 11) is 0. The normalized spacial score (nSPS) is 12.0. The maximum absolute atomic E-state index is 12.7. The molecule has 0 heterocycles. The zero-order valence-electron chi connectivity index (χ0n) is 17.4. The molecule has 0 aromatic heterocycles. The Kier molecular flexibility index (Phi) is 7.52. The van der Waals surface area contributed by atoms with Crippen LogP contribution in [0.3, 0.4) is 0 Å². The van der Waals surface area contributed by atoms with Crippen molar-refractivity contribution < 1.29 is 28.7 Å². The standard InChI is InChI=1S/C22H25NO7/c1-5-28-20(24)19(21(25)30-22(2,3)4)16-11-12-17(23(26)27)18(13-16)29-14-15-9-7-6-8-10-15/h6-13,19H,5,14H2,1-4H3. The molecule has 0 saturated heterocycles. The third-order valence-corrected chi connectivity index (χ3v) is 3.92. The lowest BCUT2D eigenvalue weighted by molar-refractivity contribution is -0.386. The van der Waals surface area contributed by atoms with Crippen molar-refractivity contribution in [3.63, 3.8) is 0 Å². The van der Waals surface area contributed by atoms with Gasteiger partial charge in [-0.25, -0.2) is 0 Å². The van der Waals surface area contributed by atoms with E-state index in [-0.39, 0.29) is 30.2 Å². The Morgan fingerprint density at radius 1 is 1.07 bits per heavy atom. The molecule has 0 aliphatic carbocycles. The van der Waals surface area contributed by atoms with Gasteiger partial charge >= 0.3 is 17.6 Å². The Morgan fingerprint density at radius 3 is 2.30 bits per heavy atom. The molecule has 0 amide bonds. The lowest BCUT2D eigenvalue weighted by Gasteiger charge is -2.23. The number of nitro benzene ring substituents is 1. The van der Waals surface area contributed by atoms with E-state index in [1.165, 1.54) is 18.2 Å². The van der Waals surface area contributed by atoms with Crippen molar-refractivity contribution in [2.24, 2.45) is 0 Å². The van der Waals surface area contributed by atoms with E-state index < -0.39 is 28.4 Å². The van der Waals surface area contributed by atoms with Crippen LogP contribution < -0.4 is 4.74 Å². The molecule has 0 radical (unpaired) electrons. The fourth-order valence-electron chi connectivity index (χ4n) is 2.67. The van der Waals surface area contributed by atoms with Gasteiger partial charge in [0.1, 0.15) is 12.2 Å². The largest absolute Gasteiger partial charge is 0.482 e. The van der Waals surface area contributed by atoms with Gasteiger partial charge in [-0.2, -0.15) is 0 Å². The number of hydrogen-bond donors (Lipinski definition) is 0. The van der Waals surface area contributed by atoms with Crippen LogP contribution in [0.25, 0.3) is 0 Å². The lowest BCUT2D eigenvalue weighted by Crippen LogP contribution is -2.32. The topological polar surface area (TPSA) is 105 Å². The Bertz CT molecular complexity index is 903. The van der Waals surface area contributed by atoms with Crippen LogP contribution in [0.1, 0.15) is 44.7 Å². The first-order chi connectivity index (χ1) is 14.1. The summed E-state index contributed by atoms with van der Waals surface area (Å²) in [5, 5.41) is 11.4. The maximum atomic E-state index is 12.7. The van der Waals surface area contributed by atoms with Gasteiger partial charge in [0.05, 0.1) is 11.5 Å². The van der Waals surface area contributed by atoms with E-state index in [1.54, 1.807) is 27.7 Å². The van der Waals surface area contributed by atoms with E-state index in [0.717, 1.165) is 5.56 Å². The molecule has 0 aliphatic rings. The predicted octanol–water partition coefficient (Wildman–Crippen LogP) is 4.16. The van der Waals surface area contributed by atoms with E-state index in [2.05, 4.69) is 0 Å². The number of nitrogens with zero attached hydrogens (tertiary/aromatic N) is 1. The minimum Gasteiger partial charge on any atom is -0.482 e. The van der Waals surface area contributed by atoms with E-state index >= 15 is 0 Å². The molecule has 1 unspecified atom stereocenters. The fraction of sp³-hybridized carbons (Fsp3) is 0.364. The summed E-state index contributed by atoms with van der Waals surface area (Å²) in [4.78, 5) is 36.0. The first kappa shape index (κ1) is 22.9. The molecule has 0 bridgehead atoms. The molecule has 0 N–H and O–H groups in total. The molecule has 2 aromatic carbocycles. The Morgan fingerprint density at radius 2 is 1.73 bits per heavy atom. The number of nitro groups is 1. The smallest absolute Gasteiger partial charge is 0.325 e. The van der Waals surface area contributed by atoms with Crippen LogP contribution in [0.4, 0.5) is 5.69 Å². The highest BCUT2D eigenvalue weighted by Crippen LogP contribution is 2.33. The van der Waals surface area contributed by atoms with Gasteiger partial charge in [-0.1, -0.05) is 36.4 Å². The van der Waals surface area contributed by atoms with Crippen molar-refractivity contribution in [2.75, 3.05) is 6.61 Å². The summed E-state index contributed by atoms with van der Waals surface area (Å²) >= 11 is 0. The molecule has 160 valence electrons. The summed E-state index contributed by atoms with van der Waals surface area (Å²) in [6.45, 7) is 6.81. The number of hydrogen-bond acceptors (Lipinski definition) is 7. The van der Waals surface area contributed by atoms with Crippen molar-refractivity contribution in [2.45, 2.75) is 45.8 Å². The highest BCUT2D eigenvalue weighted by molar-refractivity contribution is 6.01. The highest BCUT2D eigenvalue weighted by Gasteiger charge is 2.35. The lowest BCUT2D eigenvalue weighted by atomic mass is 9.98. The summed E-state index contributed by atoms with van der Waals surface area (Å²) < 4.78 is 16.0. The first-order valence-electron chi connectivity index (χ1n) is 9.47. The number of benzene rings is 2. The summed E-state index contributed by atoms with van der Waals surface area (Å²) in [5.41, 5.74) is -0.0981. The maximum Gasteiger partial charge on any atom is 0.325 e. The quantitative estimate of drug-likeness (QED) is 0.276. The van der Waals surface area contributed by atoms with Crippen molar-refractivity contribution >= 4 is 17.6 Å². The van der Waals surface area contributed by atoms with E-state index in [1.807, 2.05) is 30.3 Å². The number of ether oxygens (including phenoxy) is 3. The van der Waals surface area contributed by atoms with Crippen molar-refractivity contribution in [1.82, 2.24) is 0 Å². The molecule has 2 rings (SSSR count). The SMILES string of the molecule is CCOC(=O)C(C(=O)OC(C)(C)C)c1ccc([N+](=O)[O-])c(OCc2ccccc2)c1. The van der Waals surface area contributed by atoms with Crippen LogP contribution >= 0.6 is 0 Å². The van der Waals surface area contributed by atoms with Gasteiger partial charge in [0.2, 0.25) is 0 Å². The van der Waals surface area contributed by atoms with Crippen molar-refractivity contribution in [3.8, 4) is 5.75 Å². The van der Waals surface area contributed by atoms with E-state index in [4.69, 9.17) is 14.2 Å². The third-order valence-electron chi connectivity index (χ3n) is 3.92. The third kappa shape index (κ3) is 6.30. The van der Waals surface area contributed by atoms with Gasteiger partial charge in [0.25, 0.3) is 0 Å². The summed E-state index contributed by atoms with van der Waals surface area (Å²) in [5.74, 6) is -3.04. The van der Waals surface area contributed by atoms with Crippen molar-refractivity contribution in [1.29, 1.82) is 0 Å². The molecular formula is C22H25NO7. The van der Waals surface area contributed by atoms with Crippen LogP contribution in [0.15, 0.2) is 48.5 Å². The van der Waals surface area contributed by atoms with Gasteiger partial charge < -0.3 is 14.2 Å². The Balaban J connectivity index is 2.41. The molecule has 2 aromatic rings. The minimum atomic E-state index is -1.39. The van der Waals surface area contributed by atoms with Crippen LogP contribution in [-0.4, -0.2) is 29.1 Å². The van der Waals surface area contributed by atoms with Gasteiger partial charge in [-0.15, -0.1) is 0 Å². The number of carbonyl (C=O) groups is 2. The monoisotopic (exact) mass is 415 g/mol. The molecule has 8 heteroatoms. The number of rotatable bonds is 8. The zero-order chi connectivity index (χ0) is 22.3. The molecule has 0 saturated carbocycles. The molecule has 0 spiro atoms. The number of carbonyl (C=O) groups excluding carboxylic acids is 2. The highest BCUT2D eigenvalue weighted by atomic mass is 16.6. The average molecular weight is 415 g/mol.